The largest absolute Gasteiger partial charge is 0.497 e. The highest BCUT2D eigenvalue weighted by molar-refractivity contribution is 5.80. The minimum atomic E-state index is -0.570. The fraction of sp³-hybridized carbons (Fsp3) is 0.286. The molecule has 0 spiro atoms. The Balaban J connectivity index is 1.50. The summed E-state index contributed by atoms with van der Waals surface area (Å²) in [5, 5.41) is 0. The molecule has 6 rings (SSSR count). The van der Waals surface area contributed by atoms with Gasteiger partial charge < -0.3 is 28.4 Å². The van der Waals surface area contributed by atoms with Crippen molar-refractivity contribution in [3.05, 3.63) is 113 Å². The van der Waals surface area contributed by atoms with E-state index in [4.69, 9.17) is 28.4 Å². The van der Waals surface area contributed by atoms with Crippen molar-refractivity contribution in [2.45, 2.75) is 31.8 Å². The third-order valence-corrected chi connectivity index (χ3v) is 7.94. The van der Waals surface area contributed by atoms with Gasteiger partial charge in [-0.1, -0.05) is 55.5 Å². The van der Waals surface area contributed by atoms with Crippen LogP contribution in [0.4, 0.5) is 0 Å². The van der Waals surface area contributed by atoms with Gasteiger partial charge >= 0.3 is 5.97 Å². The fourth-order valence-corrected chi connectivity index (χ4v) is 6.02. The number of hydrogen-bond donors (Lipinski definition) is 0. The Morgan fingerprint density at radius 1 is 0.786 bits per heavy atom. The molecule has 0 bridgehead atoms. The van der Waals surface area contributed by atoms with Gasteiger partial charge in [-0.3, -0.25) is 4.79 Å². The Morgan fingerprint density at radius 2 is 1.57 bits per heavy atom. The molecule has 7 nitrogen and oxygen atoms in total. The van der Waals surface area contributed by atoms with Crippen LogP contribution in [0.1, 0.15) is 53.0 Å². The highest BCUT2D eigenvalue weighted by atomic mass is 16.7. The molecule has 2 aliphatic rings. The summed E-state index contributed by atoms with van der Waals surface area (Å²) in [5.41, 5.74) is 4.88. The van der Waals surface area contributed by atoms with Crippen LogP contribution in [-0.4, -0.2) is 33.6 Å². The Kier molecular flexibility index (Phi) is 7.91. The third kappa shape index (κ3) is 5.22. The van der Waals surface area contributed by atoms with Crippen molar-refractivity contribution in [2.24, 2.45) is 5.92 Å². The monoisotopic (exact) mass is 566 g/mol. The van der Waals surface area contributed by atoms with E-state index in [0.717, 1.165) is 40.0 Å². The maximum atomic E-state index is 13.8. The lowest BCUT2D eigenvalue weighted by Crippen LogP contribution is -2.26. The Morgan fingerprint density at radius 3 is 2.36 bits per heavy atom. The molecular formula is C35H34O7. The van der Waals surface area contributed by atoms with Crippen LogP contribution in [0.25, 0.3) is 0 Å². The van der Waals surface area contributed by atoms with Gasteiger partial charge in [0.25, 0.3) is 0 Å². The van der Waals surface area contributed by atoms with Crippen LogP contribution in [0, 0.1) is 5.92 Å². The molecule has 7 heteroatoms. The average molecular weight is 567 g/mol. The zero-order chi connectivity index (χ0) is 29.1. The van der Waals surface area contributed by atoms with E-state index in [1.807, 2.05) is 72.8 Å². The molecule has 3 atom stereocenters. The first-order valence-electron chi connectivity index (χ1n) is 14.2. The first-order valence-corrected chi connectivity index (χ1v) is 14.2. The summed E-state index contributed by atoms with van der Waals surface area (Å²) >= 11 is 0. The van der Waals surface area contributed by atoms with Crippen LogP contribution in [0.15, 0.2) is 84.9 Å². The number of ether oxygens (including phenoxy) is 6. The van der Waals surface area contributed by atoms with Crippen LogP contribution in [0.2, 0.25) is 0 Å². The summed E-state index contributed by atoms with van der Waals surface area (Å²) in [5.74, 6) is 1.89. The smallest absolute Gasteiger partial charge is 0.310 e. The third-order valence-electron chi connectivity index (χ3n) is 7.94. The highest BCUT2D eigenvalue weighted by Crippen LogP contribution is 2.56. The van der Waals surface area contributed by atoms with Crippen molar-refractivity contribution >= 4 is 5.97 Å². The van der Waals surface area contributed by atoms with Gasteiger partial charge in [0, 0.05) is 23.5 Å². The van der Waals surface area contributed by atoms with Crippen LogP contribution >= 0.6 is 0 Å². The molecule has 1 heterocycles. The van der Waals surface area contributed by atoms with Crippen molar-refractivity contribution < 1.29 is 33.2 Å². The van der Waals surface area contributed by atoms with E-state index in [1.54, 1.807) is 7.11 Å². The molecule has 0 fully saturated rings. The second-order valence-corrected chi connectivity index (χ2v) is 10.4. The van der Waals surface area contributed by atoms with Crippen molar-refractivity contribution in [1.29, 1.82) is 0 Å². The number of methoxy groups -OCH3 is 2. The number of rotatable bonds is 10. The lowest BCUT2D eigenvalue weighted by Gasteiger charge is -2.26. The summed E-state index contributed by atoms with van der Waals surface area (Å²) in [4.78, 5) is 13.8. The molecule has 4 aromatic rings. The number of hydrogen-bond acceptors (Lipinski definition) is 7. The molecule has 4 aromatic carbocycles. The van der Waals surface area contributed by atoms with Crippen molar-refractivity contribution in [3.8, 4) is 28.7 Å². The normalized spacial score (nSPS) is 18.3. The number of esters is 1. The molecule has 0 amide bonds. The summed E-state index contributed by atoms with van der Waals surface area (Å²) in [7, 11) is 3.07. The molecule has 42 heavy (non-hydrogen) atoms. The second kappa shape index (κ2) is 12.1. The Hall–Kier alpha value is -4.65. The lowest BCUT2D eigenvalue weighted by molar-refractivity contribution is -0.146. The Bertz CT molecular complexity index is 1570. The van der Waals surface area contributed by atoms with E-state index in [1.165, 1.54) is 7.11 Å². The Labute approximate surface area is 245 Å². The summed E-state index contributed by atoms with van der Waals surface area (Å²) < 4.78 is 34.8. The van der Waals surface area contributed by atoms with E-state index in [9.17, 15) is 4.79 Å². The van der Waals surface area contributed by atoms with E-state index in [-0.39, 0.29) is 24.6 Å². The molecule has 216 valence electrons. The predicted octanol–water partition coefficient (Wildman–Crippen LogP) is 6.86. The van der Waals surface area contributed by atoms with Crippen LogP contribution in [0.3, 0.4) is 0 Å². The van der Waals surface area contributed by atoms with E-state index < -0.39 is 5.92 Å². The van der Waals surface area contributed by atoms with Gasteiger partial charge in [0.1, 0.15) is 23.9 Å². The topological polar surface area (TPSA) is 72.5 Å². The van der Waals surface area contributed by atoms with Crippen molar-refractivity contribution in [2.75, 3.05) is 27.6 Å². The van der Waals surface area contributed by atoms with Gasteiger partial charge in [-0.25, -0.2) is 0 Å². The van der Waals surface area contributed by atoms with Gasteiger partial charge in [-0.2, -0.15) is 0 Å². The van der Waals surface area contributed by atoms with Crippen LogP contribution < -0.4 is 23.7 Å². The number of fused-ring (bicyclic) bond motifs is 2. The van der Waals surface area contributed by atoms with Gasteiger partial charge in [0.2, 0.25) is 6.79 Å². The lowest BCUT2D eigenvalue weighted by atomic mass is 9.79. The van der Waals surface area contributed by atoms with E-state index in [2.05, 4.69) is 19.1 Å². The van der Waals surface area contributed by atoms with E-state index >= 15 is 0 Å². The number of carbonyl (C=O) groups excluding carboxylic acids is 1. The van der Waals surface area contributed by atoms with Crippen molar-refractivity contribution in [1.82, 2.24) is 0 Å². The minimum Gasteiger partial charge on any atom is -0.497 e. The average Bonchev–Trinajstić information content (AvgIpc) is 3.64. The second-order valence-electron chi connectivity index (χ2n) is 10.4. The van der Waals surface area contributed by atoms with Gasteiger partial charge in [-0.05, 0) is 59.0 Å². The van der Waals surface area contributed by atoms with Crippen LogP contribution in [-0.2, 0) is 16.1 Å². The van der Waals surface area contributed by atoms with E-state index in [0.29, 0.717) is 36.2 Å². The maximum absolute atomic E-state index is 13.8. The standard InChI is InChI=1S/C35H34O7/c1-4-16-39-25-12-13-26-28(18-25)33(27-14-11-24(37-2)19-30(27)40-20-22-8-6-5-7-9-22)34(35(36)38-3)32(26)23-10-15-29-31(17-23)42-21-41-29/h5-15,17-19,32-34H,4,16,20-21H2,1-3H3/t32?,33?,34-/m0/s1. The molecular weight excluding hydrogens is 532 g/mol. The van der Waals surface area contributed by atoms with Gasteiger partial charge in [-0.15, -0.1) is 0 Å². The first kappa shape index (κ1) is 27.5. The van der Waals surface area contributed by atoms with Gasteiger partial charge in [0.15, 0.2) is 11.5 Å². The highest BCUT2D eigenvalue weighted by Gasteiger charge is 2.48. The number of carbonyl (C=O) groups is 1. The molecule has 0 saturated heterocycles. The molecule has 1 aliphatic heterocycles. The first-order chi connectivity index (χ1) is 20.6. The minimum absolute atomic E-state index is 0.176. The predicted molar refractivity (Wildman–Crippen MR) is 158 cm³/mol. The summed E-state index contributed by atoms with van der Waals surface area (Å²) in [6.07, 6.45) is 0.890. The van der Waals surface area contributed by atoms with Gasteiger partial charge in [0.05, 0.1) is 26.7 Å². The zero-order valence-corrected chi connectivity index (χ0v) is 24.0. The van der Waals surface area contributed by atoms with Crippen molar-refractivity contribution in [3.63, 3.8) is 0 Å². The quantitative estimate of drug-likeness (QED) is 0.194. The molecule has 2 unspecified atom stereocenters. The molecule has 0 saturated carbocycles. The molecule has 0 aromatic heterocycles. The van der Waals surface area contributed by atoms with Crippen LogP contribution in [0.5, 0.6) is 28.7 Å². The maximum Gasteiger partial charge on any atom is 0.310 e. The molecule has 0 N–H and O–H groups in total. The number of benzene rings is 4. The molecule has 0 radical (unpaired) electrons. The zero-order valence-electron chi connectivity index (χ0n) is 24.0. The summed E-state index contributed by atoms with van der Waals surface area (Å²) in [6, 6.07) is 27.8. The fourth-order valence-electron chi connectivity index (χ4n) is 6.02. The summed E-state index contributed by atoms with van der Waals surface area (Å²) in [6.45, 7) is 3.22. The SMILES string of the molecule is CCCOc1ccc2c(c1)C(c1ccc(OC)cc1OCc1ccccc1)[C@@H](C(=O)OC)C2c1ccc2c(c1)OCO2. The molecule has 1 aliphatic carbocycles.